The number of hydrogen-bond donors (Lipinski definition) is 1. The number of nitrogens with zero attached hydrogens (tertiary/aromatic N) is 3. The van der Waals surface area contributed by atoms with E-state index in [0.29, 0.717) is 6.07 Å². The van der Waals surface area contributed by atoms with Crippen molar-refractivity contribution in [3.05, 3.63) is 64.4 Å². The molecule has 2 aromatic carbocycles. The van der Waals surface area contributed by atoms with Crippen molar-refractivity contribution in [3.63, 3.8) is 0 Å². The molecule has 0 bridgehead atoms. The number of alkyl halides is 3. The van der Waals surface area contributed by atoms with Crippen LogP contribution in [0, 0.1) is 57.3 Å². The Balaban J connectivity index is 2.50. The second kappa shape index (κ2) is 8.41. The molecule has 0 saturated heterocycles. The van der Waals surface area contributed by atoms with Gasteiger partial charge in [-0.1, -0.05) is 0 Å². The molecule has 0 fully saturated rings. The summed E-state index contributed by atoms with van der Waals surface area (Å²) in [5, 5.41) is 28.5. The minimum atomic E-state index is -5.06. The molecule has 2 rings (SSSR count). The molecule has 0 radical (unpaired) electrons. The van der Waals surface area contributed by atoms with Crippen molar-refractivity contribution in [1.29, 1.82) is 15.8 Å². The minimum Gasteiger partial charge on any atom is -0.448 e. The first-order chi connectivity index (χ1) is 14.0. The highest BCUT2D eigenvalue weighted by atomic mass is 19.4. The van der Waals surface area contributed by atoms with Gasteiger partial charge in [0.15, 0.2) is 34.5 Å². The molecule has 0 amide bonds. The number of ether oxygens (including phenoxy) is 1. The molecule has 0 saturated carbocycles. The van der Waals surface area contributed by atoms with Gasteiger partial charge in [-0.05, 0) is 12.1 Å². The highest BCUT2D eigenvalue weighted by Gasteiger charge is 2.33. The van der Waals surface area contributed by atoms with Crippen LogP contribution >= 0.6 is 0 Å². The van der Waals surface area contributed by atoms with Gasteiger partial charge in [0.25, 0.3) is 0 Å². The lowest BCUT2D eigenvalue weighted by atomic mass is 10.2. The maximum Gasteiger partial charge on any atom is 0.416 e. The normalized spacial score (nSPS) is 10.4. The smallest absolute Gasteiger partial charge is 0.416 e. The maximum atomic E-state index is 14.0. The van der Waals surface area contributed by atoms with Crippen LogP contribution in [0.5, 0.6) is 11.5 Å². The van der Waals surface area contributed by atoms with Crippen LogP contribution in [0.2, 0.25) is 0 Å². The number of allylic oxidation sites excluding steroid dienone is 2. The molecule has 152 valence electrons. The van der Waals surface area contributed by atoms with Gasteiger partial charge >= 0.3 is 6.18 Å². The lowest BCUT2D eigenvalue weighted by Crippen LogP contribution is -2.08. The topological polar surface area (TPSA) is 92.6 Å². The van der Waals surface area contributed by atoms with E-state index in [1.807, 2.05) is 5.32 Å². The summed E-state index contributed by atoms with van der Waals surface area (Å²) in [4.78, 5) is 0. The van der Waals surface area contributed by atoms with E-state index >= 15 is 0 Å². The molecule has 5 nitrogen and oxygen atoms in total. The van der Waals surface area contributed by atoms with Gasteiger partial charge in [0.05, 0.1) is 11.3 Å². The van der Waals surface area contributed by atoms with Crippen LogP contribution in [0.3, 0.4) is 0 Å². The van der Waals surface area contributed by atoms with Crippen molar-refractivity contribution in [1.82, 2.24) is 0 Å². The zero-order valence-electron chi connectivity index (χ0n) is 14.2. The standard InChI is InChI=1S/C18H5F7N4O/c19-10-3-11(20)16(4-14(10)29-15(7-28)8(5-26)6-27)30-17-12(21)1-9(2-13(17)22)18(23,24)25/h1-4,29H. The van der Waals surface area contributed by atoms with Crippen molar-refractivity contribution >= 4 is 5.69 Å². The highest BCUT2D eigenvalue weighted by Crippen LogP contribution is 2.37. The van der Waals surface area contributed by atoms with Gasteiger partial charge < -0.3 is 10.1 Å². The fourth-order valence-corrected chi connectivity index (χ4v) is 2.05. The molecule has 0 unspecified atom stereocenters. The van der Waals surface area contributed by atoms with Gasteiger partial charge in [-0.25, -0.2) is 17.6 Å². The average molecular weight is 426 g/mol. The number of hydrogen-bond acceptors (Lipinski definition) is 5. The summed E-state index contributed by atoms with van der Waals surface area (Å²) < 4.78 is 98.1. The Hall–Kier alpha value is -4.24. The van der Waals surface area contributed by atoms with E-state index in [4.69, 9.17) is 15.8 Å². The molecular formula is C18H5F7N4O. The summed E-state index contributed by atoms with van der Waals surface area (Å²) in [6, 6.07) is 4.62. The summed E-state index contributed by atoms with van der Waals surface area (Å²) in [5.41, 5.74) is -3.85. The van der Waals surface area contributed by atoms with E-state index in [0.717, 1.165) is 0 Å². The number of benzene rings is 2. The van der Waals surface area contributed by atoms with Crippen molar-refractivity contribution in [2.75, 3.05) is 5.32 Å². The van der Waals surface area contributed by atoms with Crippen LogP contribution in [0.25, 0.3) is 0 Å². The summed E-state index contributed by atoms with van der Waals surface area (Å²) in [6.07, 6.45) is -5.06. The van der Waals surface area contributed by atoms with Crippen molar-refractivity contribution < 1.29 is 35.5 Å². The van der Waals surface area contributed by atoms with E-state index in [2.05, 4.69) is 4.74 Å². The molecule has 2 aromatic rings. The molecule has 0 aliphatic carbocycles. The van der Waals surface area contributed by atoms with Gasteiger partial charge in [-0.2, -0.15) is 29.0 Å². The van der Waals surface area contributed by atoms with E-state index in [1.54, 1.807) is 0 Å². The Morgan fingerprint density at radius 1 is 0.800 bits per heavy atom. The fourth-order valence-electron chi connectivity index (χ4n) is 2.05. The number of rotatable bonds is 4. The molecular weight excluding hydrogens is 421 g/mol. The van der Waals surface area contributed by atoms with Crippen LogP contribution < -0.4 is 10.1 Å². The third kappa shape index (κ3) is 4.59. The number of nitriles is 3. The quantitative estimate of drug-likeness (QED) is 0.530. The maximum absolute atomic E-state index is 14.0. The highest BCUT2D eigenvalue weighted by molar-refractivity contribution is 5.61. The Bertz CT molecular complexity index is 1130. The summed E-state index contributed by atoms with van der Waals surface area (Å²) >= 11 is 0. The summed E-state index contributed by atoms with van der Waals surface area (Å²) in [6.45, 7) is 0. The lowest BCUT2D eigenvalue weighted by Gasteiger charge is -2.14. The van der Waals surface area contributed by atoms with Gasteiger partial charge in [0, 0.05) is 12.1 Å². The summed E-state index contributed by atoms with van der Waals surface area (Å²) in [5.74, 6) is -8.87. The predicted molar refractivity (Wildman–Crippen MR) is 85.3 cm³/mol. The van der Waals surface area contributed by atoms with E-state index in [9.17, 15) is 30.7 Å². The molecule has 0 atom stereocenters. The van der Waals surface area contributed by atoms with Crippen molar-refractivity contribution in [3.8, 4) is 29.7 Å². The Morgan fingerprint density at radius 3 is 1.83 bits per heavy atom. The van der Waals surface area contributed by atoms with Gasteiger partial charge in [-0.15, -0.1) is 0 Å². The fraction of sp³-hybridized carbons (Fsp3) is 0.0556. The van der Waals surface area contributed by atoms with Gasteiger partial charge in [0.2, 0.25) is 0 Å². The molecule has 0 aliphatic heterocycles. The SMILES string of the molecule is N#CC(C#N)=C(C#N)Nc1cc(Oc2c(F)cc(C(F)(F)F)cc2F)c(F)cc1F. The number of anilines is 1. The first kappa shape index (κ1) is 22.1. The second-order valence-electron chi connectivity index (χ2n) is 5.34. The number of halogens is 7. The molecule has 0 heterocycles. The van der Waals surface area contributed by atoms with Gasteiger partial charge in [0.1, 0.15) is 29.7 Å². The zero-order chi connectivity index (χ0) is 22.6. The third-order valence-corrected chi connectivity index (χ3v) is 3.40. The molecule has 1 N–H and O–H groups in total. The second-order valence-corrected chi connectivity index (χ2v) is 5.34. The molecule has 0 spiro atoms. The molecule has 0 aliphatic rings. The van der Waals surface area contributed by atoms with Crippen LogP contribution in [0.15, 0.2) is 35.5 Å². The minimum absolute atomic E-state index is 0.0817. The van der Waals surface area contributed by atoms with Crippen molar-refractivity contribution in [2.45, 2.75) is 6.18 Å². The van der Waals surface area contributed by atoms with Crippen LogP contribution in [0.1, 0.15) is 5.56 Å². The largest absolute Gasteiger partial charge is 0.448 e. The van der Waals surface area contributed by atoms with E-state index < -0.39 is 63.5 Å². The molecule has 12 heteroatoms. The zero-order valence-corrected chi connectivity index (χ0v) is 14.2. The predicted octanol–water partition coefficient (Wildman–Crippen LogP) is 5.29. The Kier molecular flexibility index (Phi) is 6.18. The Morgan fingerprint density at radius 2 is 1.37 bits per heavy atom. The van der Waals surface area contributed by atoms with Crippen LogP contribution in [-0.4, -0.2) is 0 Å². The Labute approximate surface area is 163 Å². The van der Waals surface area contributed by atoms with E-state index in [-0.39, 0.29) is 18.2 Å². The number of nitrogens with one attached hydrogen (secondary N) is 1. The van der Waals surface area contributed by atoms with Crippen LogP contribution in [0.4, 0.5) is 36.4 Å². The first-order valence-electron chi connectivity index (χ1n) is 7.46. The van der Waals surface area contributed by atoms with Crippen LogP contribution in [-0.2, 0) is 6.18 Å². The van der Waals surface area contributed by atoms with Gasteiger partial charge in [-0.3, -0.25) is 0 Å². The molecule has 0 aromatic heterocycles. The first-order valence-corrected chi connectivity index (χ1v) is 7.46. The monoisotopic (exact) mass is 426 g/mol. The summed E-state index contributed by atoms with van der Waals surface area (Å²) in [7, 11) is 0. The van der Waals surface area contributed by atoms with Crippen molar-refractivity contribution in [2.24, 2.45) is 0 Å². The third-order valence-electron chi connectivity index (χ3n) is 3.40. The van der Waals surface area contributed by atoms with E-state index in [1.165, 1.54) is 18.2 Å². The molecule has 30 heavy (non-hydrogen) atoms. The average Bonchev–Trinajstić information content (AvgIpc) is 2.66. The lowest BCUT2D eigenvalue weighted by molar-refractivity contribution is -0.138.